The van der Waals surface area contributed by atoms with Crippen molar-refractivity contribution in [2.24, 2.45) is 0 Å². The van der Waals surface area contributed by atoms with Crippen molar-refractivity contribution in [2.45, 2.75) is 50.8 Å². The monoisotopic (exact) mass is 339 g/mol. The molecule has 0 aromatic heterocycles. The number of aliphatic hydroxyl groups is 1. The number of methoxy groups -OCH3 is 1. The van der Waals surface area contributed by atoms with Gasteiger partial charge in [0, 0.05) is 13.0 Å². The number of carbonyl (C=O) groups excluding carboxylic acids is 1. The number of rotatable bonds is 7. The highest BCUT2D eigenvalue weighted by Gasteiger charge is 2.38. The summed E-state index contributed by atoms with van der Waals surface area (Å²) in [4.78, 5) is 11.5. The molecule has 1 aliphatic rings. The molecule has 0 saturated carbocycles. The second-order valence-corrected chi connectivity index (χ2v) is 5.83. The molecule has 0 amide bonds. The second kappa shape index (κ2) is 9.10. The molecule has 0 aliphatic carbocycles. The molecule has 0 spiro atoms. The Labute approximate surface area is 141 Å². The maximum Gasteiger partial charge on any atom is 0.305 e. The van der Waals surface area contributed by atoms with Crippen molar-refractivity contribution in [1.82, 2.24) is 5.06 Å². The lowest BCUT2D eigenvalue weighted by Gasteiger charge is -2.40. The molecule has 134 valence electrons. The van der Waals surface area contributed by atoms with Crippen molar-refractivity contribution >= 4 is 5.97 Å². The van der Waals surface area contributed by atoms with Crippen LogP contribution in [0.5, 0.6) is 0 Å². The van der Waals surface area contributed by atoms with Crippen LogP contribution in [0.15, 0.2) is 30.3 Å². The first-order valence-electron chi connectivity index (χ1n) is 8.02. The van der Waals surface area contributed by atoms with Gasteiger partial charge in [-0.2, -0.15) is 5.06 Å². The predicted octanol–water partition coefficient (Wildman–Crippen LogP) is 1.32. The van der Waals surface area contributed by atoms with Crippen LogP contribution in [-0.2, 0) is 25.5 Å². The minimum atomic E-state index is -0.880. The molecule has 1 fully saturated rings. The van der Waals surface area contributed by atoms with Gasteiger partial charge < -0.3 is 24.5 Å². The molecule has 2 N–H and O–H groups in total. The summed E-state index contributed by atoms with van der Waals surface area (Å²) in [6.07, 6.45) is -1.61. The summed E-state index contributed by atoms with van der Waals surface area (Å²) in [5.41, 5.74) is 0.915. The smallest absolute Gasteiger partial charge is 0.305 e. The third-order valence-electron chi connectivity index (χ3n) is 4.05. The Bertz CT molecular complexity index is 511. The fourth-order valence-corrected chi connectivity index (χ4v) is 2.77. The third kappa shape index (κ3) is 5.25. The molecular weight excluding hydrogens is 314 g/mol. The third-order valence-corrected chi connectivity index (χ3v) is 4.05. The molecule has 0 bridgehead atoms. The largest absolute Gasteiger partial charge is 0.469 e. The number of hydrogen-bond donors (Lipinski definition) is 2. The molecule has 2 rings (SSSR count). The molecule has 1 aromatic rings. The minimum Gasteiger partial charge on any atom is -0.469 e. The van der Waals surface area contributed by atoms with Crippen LogP contribution in [-0.4, -0.2) is 59.6 Å². The van der Waals surface area contributed by atoms with Crippen LogP contribution in [0.1, 0.15) is 25.3 Å². The summed E-state index contributed by atoms with van der Waals surface area (Å²) < 4.78 is 15.6. The van der Waals surface area contributed by atoms with Crippen LogP contribution >= 0.6 is 0 Å². The van der Waals surface area contributed by atoms with Gasteiger partial charge in [0.05, 0.1) is 19.8 Å². The maximum atomic E-state index is 11.5. The minimum absolute atomic E-state index is 0.120. The molecule has 1 aromatic carbocycles. The molecule has 0 radical (unpaired) electrons. The Morgan fingerprint density at radius 2 is 2.12 bits per heavy atom. The first kappa shape index (κ1) is 18.8. The van der Waals surface area contributed by atoms with Gasteiger partial charge in [0.25, 0.3) is 0 Å². The zero-order chi connectivity index (χ0) is 17.5. The standard InChI is InChI=1S/C17H25NO6/c1-12-23-11-15(19)17(24-12)14(8-9-16(20)22-2)18(21)10-13-6-4-3-5-7-13/h3-7,12,14-15,17,19,21H,8-11H2,1-2H3/t12-,14+,15-,17+/m1/s1. The first-order valence-corrected chi connectivity index (χ1v) is 8.02. The Morgan fingerprint density at radius 3 is 2.79 bits per heavy atom. The quantitative estimate of drug-likeness (QED) is 0.572. The van der Waals surface area contributed by atoms with Gasteiger partial charge >= 0.3 is 5.97 Å². The van der Waals surface area contributed by atoms with Crippen LogP contribution in [0, 0.1) is 0 Å². The van der Waals surface area contributed by atoms with Crippen LogP contribution < -0.4 is 0 Å². The lowest BCUT2D eigenvalue weighted by atomic mass is 9.99. The van der Waals surface area contributed by atoms with Gasteiger partial charge in [-0.3, -0.25) is 4.79 Å². The molecule has 1 aliphatic heterocycles. The summed E-state index contributed by atoms with van der Waals surface area (Å²) in [5, 5.41) is 21.9. The van der Waals surface area contributed by atoms with Crippen LogP contribution in [0.3, 0.4) is 0 Å². The van der Waals surface area contributed by atoms with E-state index in [0.717, 1.165) is 10.6 Å². The summed E-state index contributed by atoms with van der Waals surface area (Å²) in [6, 6.07) is 8.89. The van der Waals surface area contributed by atoms with E-state index in [1.165, 1.54) is 7.11 Å². The van der Waals surface area contributed by atoms with E-state index in [1.54, 1.807) is 6.92 Å². The number of benzene rings is 1. The highest BCUT2D eigenvalue weighted by molar-refractivity contribution is 5.69. The van der Waals surface area contributed by atoms with Crippen molar-refractivity contribution in [3.8, 4) is 0 Å². The van der Waals surface area contributed by atoms with Crippen LogP contribution in [0.25, 0.3) is 0 Å². The van der Waals surface area contributed by atoms with E-state index in [0.29, 0.717) is 6.42 Å². The number of carbonyl (C=O) groups is 1. The number of nitrogens with zero attached hydrogens (tertiary/aromatic N) is 1. The zero-order valence-electron chi connectivity index (χ0n) is 14.0. The average molecular weight is 339 g/mol. The SMILES string of the molecule is COC(=O)CC[C@@H]([C@@H]1O[C@H](C)OC[C@H]1O)N(O)Cc1ccccc1. The van der Waals surface area contributed by atoms with E-state index in [-0.39, 0.29) is 25.5 Å². The van der Waals surface area contributed by atoms with Gasteiger partial charge in [-0.15, -0.1) is 0 Å². The first-order chi connectivity index (χ1) is 11.5. The molecule has 7 heteroatoms. The van der Waals surface area contributed by atoms with Crippen LogP contribution in [0.2, 0.25) is 0 Å². The van der Waals surface area contributed by atoms with Gasteiger partial charge in [0.2, 0.25) is 0 Å². The van der Waals surface area contributed by atoms with E-state index in [4.69, 9.17) is 9.47 Å². The Kier molecular flexibility index (Phi) is 7.14. The lowest BCUT2D eigenvalue weighted by molar-refractivity contribution is -0.280. The van der Waals surface area contributed by atoms with E-state index < -0.39 is 24.5 Å². The number of hydroxylamine groups is 2. The molecule has 1 heterocycles. The normalized spacial score (nSPS) is 25.5. The number of hydrogen-bond acceptors (Lipinski definition) is 7. The number of ether oxygens (including phenoxy) is 3. The van der Waals surface area contributed by atoms with E-state index in [2.05, 4.69) is 4.74 Å². The molecular formula is C17H25NO6. The fourth-order valence-electron chi connectivity index (χ4n) is 2.77. The van der Waals surface area contributed by atoms with Crippen LogP contribution in [0.4, 0.5) is 0 Å². The highest BCUT2D eigenvalue weighted by atomic mass is 16.7. The van der Waals surface area contributed by atoms with Gasteiger partial charge in [-0.1, -0.05) is 30.3 Å². The van der Waals surface area contributed by atoms with Crippen molar-refractivity contribution in [3.05, 3.63) is 35.9 Å². The topological polar surface area (TPSA) is 88.5 Å². The average Bonchev–Trinajstić information content (AvgIpc) is 2.58. The van der Waals surface area contributed by atoms with Crippen molar-refractivity contribution in [3.63, 3.8) is 0 Å². The van der Waals surface area contributed by atoms with Crippen molar-refractivity contribution < 1.29 is 29.3 Å². The van der Waals surface area contributed by atoms with E-state index in [1.807, 2.05) is 30.3 Å². The zero-order valence-corrected chi connectivity index (χ0v) is 14.0. The highest BCUT2D eigenvalue weighted by Crippen LogP contribution is 2.23. The maximum absolute atomic E-state index is 11.5. The summed E-state index contributed by atoms with van der Waals surface area (Å²) in [6.45, 7) is 2.11. The second-order valence-electron chi connectivity index (χ2n) is 5.83. The number of aliphatic hydroxyl groups excluding tert-OH is 1. The molecule has 4 atom stereocenters. The molecule has 24 heavy (non-hydrogen) atoms. The van der Waals surface area contributed by atoms with Gasteiger partial charge in [0.1, 0.15) is 12.2 Å². The summed E-state index contributed by atoms with van der Waals surface area (Å²) >= 11 is 0. The van der Waals surface area contributed by atoms with Gasteiger partial charge in [0.15, 0.2) is 6.29 Å². The Morgan fingerprint density at radius 1 is 1.42 bits per heavy atom. The predicted molar refractivity (Wildman–Crippen MR) is 85.1 cm³/mol. The van der Waals surface area contributed by atoms with Crippen molar-refractivity contribution in [2.75, 3.05) is 13.7 Å². The van der Waals surface area contributed by atoms with Crippen molar-refractivity contribution in [1.29, 1.82) is 0 Å². The molecule has 0 unspecified atom stereocenters. The van der Waals surface area contributed by atoms with Gasteiger partial charge in [-0.05, 0) is 18.9 Å². The number of esters is 1. The summed E-state index contributed by atoms with van der Waals surface area (Å²) in [7, 11) is 1.32. The Hall–Kier alpha value is -1.51. The fraction of sp³-hybridized carbons (Fsp3) is 0.588. The summed E-state index contributed by atoms with van der Waals surface area (Å²) in [5.74, 6) is -0.372. The molecule has 1 saturated heterocycles. The van der Waals surface area contributed by atoms with E-state index in [9.17, 15) is 15.1 Å². The van der Waals surface area contributed by atoms with E-state index >= 15 is 0 Å². The Balaban J connectivity index is 2.09. The lowest BCUT2D eigenvalue weighted by Crippen LogP contribution is -2.54. The molecule has 7 nitrogen and oxygen atoms in total. The van der Waals surface area contributed by atoms with Gasteiger partial charge in [-0.25, -0.2) is 0 Å².